The minimum Gasteiger partial charge on any atom is -0.377 e. The Morgan fingerprint density at radius 1 is 1.23 bits per heavy atom. The van der Waals surface area contributed by atoms with Gasteiger partial charge in [-0.3, -0.25) is 19.9 Å². The average molecular weight is 503 g/mol. The summed E-state index contributed by atoms with van der Waals surface area (Å²) in [5, 5.41) is 20.9. The Morgan fingerprint density at radius 3 is 2.74 bits per heavy atom. The summed E-state index contributed by atoms with van der Waals surface area (Å²) in [6, 6.07) is 6.57. The average Bonchev–Trinajstić information content (AvgIpc) is 2.88. The highest BCUT2D eigenvalue weighted by Gasteiger charge is 2.25. The summed E-state index contributed by atoms with van der Waals surface area (Å²) in [5.74, 6) is -0.928. The van der Waals surface area contributed by atoms with Crippen molar-refractivity contribution < 1.29 is 22.9 Å². The van der Waals surface area contributed by atoms with Crippen molar-refractivity contribution in [3.63, 3.8) is 0 Å². The highest BCUT2D eigenvalue weighted by Crippen LogP contribution is 2.28. The number of nitrogens with one attached hydrogen (secondary N) is 4. The van der Waals surface area contributed by atoms with Gasteiger partial charge in [0.25, 0.3) is 21.6 Å². The molecule has 35 heavy (non-hydrogen) atoms. The van der Waals surface area contributed by atoms with E-state index < -0.39 is 31.4 Å². The number of aromatic nitrogens is 1. The Labute approximate surface area is 202 Å². The lowest BCUT2D eigenvalue weighted by Gasteiger charge is -2.24. The Morgan fingerprint density at radius 2 is 2.09 bits per heavy atom. The van der Waals surface area contributed by atoms with E-state index in [2.05, 4.69) is 20.9 Å². The van der Waals surface area contributed by atoms with Crippen molar-refractivity contribution in [1.29, 1.82) is 0 Å². The largest absolute Gasteiger partial charge is 0.377 e. The smallest absolute Gasteiger partial charge is 0.293 e. The molecule has 3 heterocycles. The fourth-order valence-electron chi connectivity index (χ4n) is 3.79. The normalized spacial score (nSPS) is 18.4. The maximum atomic E-state index is 12.8. The van der Waals surface area contributed by atoms with E-state index in [1.54, 1.807) is 6.07 Å². The Bertz CT molecular complexity index is 1230. The molecule has 0 spiro atoms. The first-order valence-corrected chi connectivity index (χ1v) is 12.6. The van der Waals surface area contributed by atoms with Crippen LogP contribution in [0.5, 0.6) is 0 Å². The zero-order chi connectivity index (χ0) is 24.8. The molecule has 2 aliphatic heterocycles. The van der Waals surface area contributed by atoms with Crippen LogP contribution < -0.4 is 20.7 Å². The van der Waals surface area contributed by atoms with Crippen LogP contribution in [-0.2, 0) is 14.8 Å². The number of hydrogen-bond donors (Lipinski definition) is 4. The second-order valence-corrected chi connectivity index (χ2v) is 9.75. The number of nitro benzene ring substituents is 1. The second-order valence-electron chi connectivity index (χ2n) is 8.06. The number of morpholine rings is 1. The molecule has 1 atom stereocenters. The summed E-state index contributed by atoms with van der Waals surface area (Å²) in [6.07, 6.45) is 4.22. The Hall–Kier alpha value is -3.39. The molecule has 2 aliphatic rings. The molecule has 1 fully saturated rings. The molecular weight excluding hydrogens is 476 g/mol. The van der Waals surface area contributed by atoms with Gasteiger partial charge in [0.15, 0.2) is 0 Å². The van der Waals surface area contributed by atoms with Crippen LogP contribution in [-0.4, -0.2) is 69.7 Å². The number of benzene rings is 1. The molecule has 1 aromatic heterocycles. The van der Waals surface area contributed by atoms with E-state index in [1.807, 2.05) is 10.8 Å². The van der Waals surface area contributed by atoms with Gasteiger partial charge < -0.3 is 20.7 Å². The number of carbonyl (C=O) groups is 1. The molecule has 1 amide bonds. The van der Waals surface area contributed by atoms with E-state index in [4.69, 9.17) is 4.74 Å². The van der Waals surface area contributed by atoms with Gasteiger partial charge in [0.2, 0.25) is 0 Å². The first kappa shape index (κ1) is 24.7. The number of nitrogens with zero attached hydrogens (tertiary/aromatic N) is 2. The third-order valence-corrected chi connectivity index (χ3v) is 6.99. The molecule has 4 N–H and O–H groups in total. The summed E-state index contributed by atoms with van der Waals surface area (Å²) in [4.78, 5) is 27.1. The SMILES string of the molecule is O=C(NS(=O)(=O)c1ccc(NCC2CNCCO2)c([N+](=O)[O-])c1)c1ccc(C2=CCNCC2)cn1. The molecule has 4 rings (SSSR count). The van der Waals surface area contributed by atoms with E-state index in [1.165, 1.54) is 24.4 Å². The van der Waals surface area contributed by atoms with Crippen LogP contribution in [0.15, 0.2) is 47.5 Å². The van der Waals surface area contributed by atoms with Crippen molar-refractivity contribution in [3.05, 3.63) is 64.0 Å². The van der Waals surface area contributed by atoms with E-state index in [0.717, 1.165) is 43.3 Å². The van der Waals surface area contributed by atoms with Crippen molar-refractivity contribution in [3.8, 4) is 0 Å². The summed E-state index contributed by atoms with van der Waals surface area (Å²) >= 11 is 0. The fraction of sp³-hybridized carbons (Fsp3) is 0.364. The van der Waals surface area contributed by atoms with Crippen molar-refractivity contribution >= 4 is 32.9 Å². The van der Waals surface area contributed by atoms with Gasteiger partial charge in [0, 0.05) is 38.4 Å². The van der Waals surface area contributed by atoms with Gasteiger partial charge in [0.1, 0.15) is 11.4 Å². The zero-order valence-corrected chi connectivity index (χ0v) is 19.6. The van der Waals surface area contributed by atoms with Crippen LogP contribution in [0, 0.1) is 10.1 Å². The minimum atomic E-state index is -4.37. The number of rotatable bonds is 8. The van der Waals surface area contributed by atoms with Gasteiger partial charge in [-0.05, 0) is 42.3 Å². The van der Waals surface area contributed by atoms with Gasteiger partial charge in [-0.2, -0.15) is 0 Å². The number of pyridine rings is 1. The van der Waals surface area contributed by atoms with Gasteiger partial charge >= 0.3 is 0 Å². The van der Waals surface area contributed by atoms with Crippen LogP contribution in [0.1, 0.15) is 22.5 Å². The number of hydrogen-bond acceptors (Lipinski definition) is 10. The maximum Gasteiger partial charge on any atom is 0.293 e. The zero-order valence-electron chi connectivity index (χ0n) is 18.8. The van der Waals surface area contributed by atoms with Crippen LogP contribution in [0.4, 0.5) is 11.4 Å². The quantitative estimate of drug-likeness (QED) is 0.301. The third-order valence-electron chi connectivity index (χ3n) is 5.66. The predicted octanol–water partition coefficient (Wildman–Crippen LogP) is 0.886. The number of carbonyl (C=O) groups excluding carboxylic acids is 1. The van der Waals surface area contributed by atoms with E-state index >= 15 is 0 Å². The molecule has 186 valence electrons. The molecule has 1 saturated heterocycles. The maximum absolute atomic E-state index is 12.8. The Kier molecular flexibility index (Phi) is 7.70. The number of anilines is 1. The van der Waals surface area contributed by atoms with E-state index in [9.17, 15) is 23.3 Å². The molecule has 12 nitrogen and oxygen atoms in total. The van der Waals surface area contributed by atoms with Crippen LogP contribution in [0.25, 0.3) is 5.57 Å². The van der Waals surface area contributed by atoms with Crippen molar-refractivity contribution in [2.24, 2.45) is 0 Å². The molecule has 0 saturated carbocycles. The fourth-order valence-corrected chi connectivity index (χ4v) is 4.77. The van der Waals surface area contributed by atoms with Gasteiger partial charge in [-0.25, -0.2) is 13.1 Å². The number of nitro groups is 1. The molecule has 0 bridgehead atoms. The Balaban J connectivity index is 1.46. The number of amides is 1. The molecular formula is C22H26N6O6S. The molecule has 13 heteroatoms. The molecule has 0 radical (unpaired) electrons. The minimum absolute atomic E-state index is 0.0827. The second kappa shape index (κ2) is 10.9. The van der Waals surface area contributed by atoms with Crippen LogP contribution >= 0.6 is 0 Å². The lowest BCUT2D eigenvalue weighted by molar-refractivity contribution is -0.384. The lowest BCUT2D eigenvalue weighted by Crippen LogP contribution is -2.42. The molecule has 1 unspecified atom stereocenters. The van der Waals surface area contributed by atoms with E-state index in [-0.39, 0.29) is 17.5 Å². The topological polar surface area (TPSA) is 165 Å². The molecule has 1 aromatic carbocycles. The van der Waals surface area contributed by atoms with Gasteiger partial charge in [0.05, 0.1) is 22.5 Å². The molecule has 2 aromatic rings. The predicted molar refractivity (Wildman–Crippen MR) is 129 cm³/mol. The highest BCUT2D eigenvalue weighted by atomic mass is 32.2. The summed E-state index contributed by atoms with van der Waals surface area (Å²) in [6.45, 7) is 3.79. The van der Waals surface area contributed by atoms with Gasteiger partial charge in [-0.1, -0.05) is 12.1 Å². The monoisotopic (exact) mass is 502 g/mol. The number of ether oxygens (including phenoxy) is 1. The summed E-state index contributed by atoms with van der Waals surface area (Å²) in [7, 11) is -4.37. The van der Waals surface area contributed by atoms with Crippen LogP contribution in [0.2, 0.25) is 0 Å². The molecule has 0 aliphatic carbocycles. The third kappa shape index (κ3) is 6.19. The van der Waals surface area contributed by atoms with E-state index in [0.29, 0.717) is 19.7 Å². The van der Waals surface area contributed by atoms with Crippen molar-refractivity contribution in [2.75, 3.05) is 44.6 Å². The first-order valence-electron chi connectivity index (χ1n) is 11.1. The lowest BCUT2D eigenvalue weighted by atomic mass is 10.0. The summed E-state index contributed by atoms with van der Waals surface area (Å²) in [5.41, 5.74) is 1.60. The summed E-state index contributed by atoms with van der Waals surface area (Å²) < 4.78 is 33.0. The van der Waals surface area contributed by atoms with Crippen molar-refractivity contribution in [2.45, 2.75) is 17.4 Å². The van der Waals surface area contributed by atoms with Gasteiger partial charge in [-0.15, -0.1) is 0 Å². The number of sulfonamides is 1. The standard InChI is InChI=1S/C22H26N6O6S/c29-22(20-3-1-16(12-25-20)15-5-7-23-8-6-15)27-35(32,33)18-2-4-19(21(11-18)28(30)31)26-14-17-13-24-9-10-34-17/h1-5,11-12,17,23-24,26H,6-10,13-14H2,(H,27,29). The first-order chi connectivity index (χ1) is 16.8. The van der Waals surface area contributed by atoms with Crippen molar-refractivity contribution in [1.82, 2.24) is 20.3 Å². The van der Waals surface area contributed by atoms with Crippen LogP contribution in [0.3, 0.4) is 0 Å². The highest BCUT2D eigenvalue weighted by molar-refractivity contribution is 7.90.